The summed E-state index contributed by atoms with van der Waals surface area (Å²) >= 11 is 0. The number of rotatable bonds is 16. The Morgan fingerprint density at radius 2 is 0.855 bits per heavy atom. The zero-order valence-corrected chi connectivity index (χ0v) is 31.5. The molecular weight excluding hydrogens is 716 g/mol. The van der Waals surface area contributed by atoms with E-state index in [2.05, 4.69) is 10.6 Å². The molecule has 2 aromatic rings. The molecule has 4 rings (SSSR count). The number of nitrogens with one attached hydrogen (secondary N) is 2. The smallest absolute Gasteiger partial charge is 0.336 e. The number of para-hydroxylation sites is 2. The van der Waals surface area contributed by atoms with Gasteiger partial charge in [0, 0.05) is 46.0 Å². The molecule has 0 radical (unpaired) electrons. The Hall–Kier alpha value is -6.32. The van der Waals surface area contributed by atoms with E-state index in [1.165, 1.54) is 50.6 Å². The van der Waals surface area contributed by atoms with Crippen LogP contribution in [0.2, 0.25) is 0 Å². The lowest BCUT2D eigenvalue weighted by atomic mass is 9.79. The third-order valence-corrected chi connectivity index (χ3v) is 9.42. The van der Waals surface area contributed by atoms with E-state index in [0.717, 1.165) is 0 Å². The van der Waals surface area contributed by atoms with Gasteiger partial charge >= 0.3 is 23.9 Å². The van der Waals surface area contributed by atoms with E-state index in [1.807, 2.05) is 0 Å². The molecule has 0 fully saturated rings. The highest BCUT2D eigenvalue weighted by Crippen LogP contribution is 2.44. The second-order valence-electron chi connectivity index (χ2n) is 12.9. The van der Waals surface area contributed by atoms with Crippen molar-refractivity contribution in [2.75, 3.05) is 27.4 Å². The summed E-state index contributed by atoms with van der Waals surface area (Å²) in [7, 11) is 2.38. The van der Waals surface area contributed by atoms with E-state index in [-0.39, 0.29) is 58.0 Å². The molecule has 0 aliphatic carbocycles. The van der Waals surface area contributed by atoms with Gasteiger partial charge in [-0.3, -0.25) is 20.2 Å². The maximum absolute atomic E-state index is 13.5. The lowest BCUT2D eigenvalue weighted by molar-refractivity contribution is -0.385. The number of dihydropyridines is 2. The van der Waals surface area contributed by atoms with Crippen molar-refractivity contribution in [1.29, 1.82) is 0 Å². The van der Waals surface area contributed by atoms with E-state index < -0.39 is 45.6 Å². The number of allylic oxidation sites excluding steroid dienone is 4. The van der Waals surface area contributed by atoms with Crippen molar-refractivity contribution >= 4 is 35.3 Å². The van der Waals surface area contributed by atoms with Crippen LogP contribution in [-0.2, 0) is 38.1 Å². The van der Waals surface area contributed by atoms with Gasteiger partial charge in [-0.25, -0.2) is 19.2 Å². The molecule has 2 atom stereocenters. The standard InChI is InChI=1S/C39H44N4O12/c1-22-30(36(44)52-5)34(26-16-10-12-18-28(26)42(48)49)32(24(3)40-22)38(46)54-20-14-8-7-9-15-21-55-39(47)33-25(4)41-23(2)31(37(45)53-6)35(33)27-17-11-13-19-29(27)43(50)51/h10-13,16-19,34-35,40-41H,7-9,14-15,20-21H2,1-6H3. The summed E-state index contributed by atoms with van der Waals surface area (Å²) in [5.74, 6) is -5.13. The number of hydrogen-bond donors (Lipinski definition) is 2. The molecule has 16 heteroatoms. The number of methoxy groups -OCH3 is 2. The average molecular weight is 761 g/mol. The Kier molecular flexibility index (Phi) is 14.0. The van der Waals surface area contributed by atoms with Gasteiger partial charge in [0.1, 0.15) is 0 Å². The molecule has 2 unspecified atom stereocenters. The quantitative estimate of drug-likeness (QED) is 0.0655. The van der Waals surface area contributed by atoms with Gasteiger partial charge in [0.15, 0.2) is 0 Å². The molecule has 0 spiro atoms. The maximum Gasteiger partial charge on any atom is 0.336 e. The molecule has 292 valence electrons. The van der Waals surface area contributed by atoms with Crippen LogP contribution < -0.4 is 10.6 Å². The van der Waals surface area contributed by atoms with E-state index >= 15 is 0 Å². The van der Waals surface area contributed by atoms with Gasteiger partial charge in [0.25, 0.3) is 11.4 Å². The minimum atomic E-state index is -1.10. The van der Waals surface area contributed by atoms with Crippen molar-refractivity contribution in [3.63, 3.8) is 0 Å². The first-order valence-electron chi connectivity index (χ1n) is 17.6. The normalized spacial score (nSPS) is 16.9. The summed E-state index contributed by atoms with van der Waals surface area (Å²) < 4.78 is 21.2. The van der Waals surface area contributed by atoms with Gasteiger partial charge in [0.05, 0.1) is 71.4 Å². The van der Waals surface area contributed by atoms with Crippen LogP contribution in [0.25, 0.3) is 0 Å². The fourth-order valence-electron chi connectivity index (χ4n) is 6.93. The first-order chi connectivity index (χ1) is 26.2. The van der Waals surface area contributed by atoms with Crippen LogP contribution in [0.15, 0.2) is 93.6 Å². The summed E-state index contributed by atoms with van der Waals surface area (Å²) in [6.45, 7) is 6.61. The summed E-state index contributed by atoms with van der Waals surface area (Å²) in [6, 6.07) is 11.8. The Labute approximate surface area is 317 Å². The van der Waals surface area contributed by atoms with Crippen molar-refractivity contribution < 1.29 is 48.0 Å². The SMILES string of the molecule is COC(=O)C1=C(C)NC(C)=C(C(=O)OCCCCCCCOC(=O)C2=C(C)NC(C)=C(C(=O)OC)C2c2ccccc2[N+](=O)[O-])C1c1ccccc1[N+](=O)[O-]. The van der Waals surface area contributed by atoms with Gasteiger partial charge < -0.3 is 29.6 Å². The van der Waals surface area contributed by atoms with E-state index in [9.17, 15) is 39.4 Å². The predicted molar refractivity (Wildman–Crippen MR) is 198 cm³/mol. The third-order valence-electron chi connectivity index (χ3n) is 9.42. The van der Waals surface area contributed by atoms with E-state index in [1.54, 1.807) is 39.8 Å². The van der Waals surface area contributed by atoms with Gasteiger partial charge in [-0.15, -0.1) is 0 Å². The molecule has 0 amide bonds. The number of nitrogens with zero attached hydrogens (tertiary/aromatic N) is 2. The summed E-state index contributed by atoms with van der Waals surface area (Å²) in [5, 5.41) is 29.9. The number of unbranched alkanes of at least 4 members (excludes halogenated alkanes) is 4. The minimum Gasteiger partial charge on any atom is -0.466 e. The lowest BCUT2D eigenvalue weighted by Crippen LogP contribution is -2.32. The van der Waals surface area contributed by atoms with Crippen molar-refractivity contribution in [3.8, 4) is 0 Å². The number of esters is 4. The van der Waals surface area contributed by atoms with Crippen LogP contribution in [0.5, 0.6) is 0 Å². The zero-order chi connectivity index (χ0) is 40.4. The summed E-state index contributed by atoms with van der Waals surface area (Å²) in [5.41, 5.74) is 1.63. The Bertz CT molecular complexity index is 1870. The topological polar surface area (TPSA) is 216 Å². The fourth-order valence-corrected chi connectivity index (χ4v) is 6.93. The Morgan fingerprint density at radius 1 is 0.545 bits per heavy atom. The third kappa shape index (κ3) is 9.26. The molecule has 0 bridgehead atoms. The molecule has 2 aromatic carbocycles. The van der Waals surface area contributed by atoms with Crippen molar-refractivity contribution in [2.45, 2.75) is 71.6 Å². The number of carbonyl (C=O) groups excluding carboxylic acids is 4. The largest absolute Gasteiger partial charge is 0.466 e. The van der Waals surface area contributed by atoms with Crippen LogP contribution in [0.1, 0.15) is 82.8 Å². The van der Waals surface area contributed by atoms with E-state index in [0.29, 0.717) is 54.9 Å². The first-order valence-corrected chi connectivity index (χ1v) is 17.6. The Morgan fingerprint density at radius 3 is 1.18 bits per heavy atom. The minimum absolute atomic E-state index is 0.0490. The number of nitro benzene ring substituents is 2. The molecule has 0 aromatic heterocycles. The summed E-state index contributed by atoms with van der Waals surface area (Å²) in [4.78, 5) is 75.5. The molecule has 2 aliphatic rings. The van der Waals surface area contributed by atoms with Crippen LogP contribution in [0.4, 0.5) is 11.4 Å². The lowest BCUT2D eigenvalue weighted by Gasteiger charge is -2.30. The molecule has 55 heavy (non-hydrogen) atoms. The van der Waals surface area contributed by atoms with Gasteiger partial charge in [-0.05, 0) is 40.5 Å². The Balaban J connectivity index is 1.34. The monoisotopic (exact) mass is 760 g/mol. The van der Waals surface area contributed by atoms with Gasteiger partial charge in [-0.1, -0.05) is 55.7 Å². The number of nitro groups is 2. The first kappa shape index (κ1) is 41.4. The van der Waals surface area contributed by atoms with Crippen molar-refractivity contribution in [3.05, 3.63) is 125 Å². The van der Waals surface area contributed by atoms with Crippen molar-refractivity contribution in [1.82, 2.24) is 10.6 Å². The van der Waals surface area contributed by atoms with Crippen LogP contribution >= 0.6 is 0 Å². The number of ether oxygens (including phenoxy) is 4. The van der Waals surface area contributed by atoms with Crippen LogP contribution in [-0.4, -0.2) is 61.2 Å². The number of hydrogen-bond acceptors (Lipinski definition) is 14. The fraction of sp³-hybridized carbons (Fsp3) is 0.385. The molecule has 0 saturated carbocycles. The predicted octanol–water partition coefficient (Wildman–Crippen LogP) is 6.06. The molecule has 16 nitrogen and oxygen atoms in total. The molecule has 2 N–H and O–H groups in total. The maximum atomic E-state index is 13.5. The molecule has 2 aliphatic heterocycles. The number of carbonyl (C=O) groups is 4. The molecule has 0 saturated heterocycles. The van der Waals surface area contributed by atoms with Crippen LogP contribution in [0, 0.1) is 20.2 Å². The second-order valence-corrected chi connectivity index (χ2v) is 12.9. The second kappa shape index (κ2) is 18.6. The highest BCUT2D eigenvalue weighted by Gasteiger charge is 2.42. The number of benzene rings is 2. The molecule has 2 heterocycles. The average Bonchev–Trinajstić information content (AvgIpc) is 3.15. The van der Waals surface area contributed by atoms with Crippen molar-refractivity contribution in [2.24, 2.45) is 0 Å². The highest BCUT2D eigenvalue weighted by atomic mass is 16.6. The van der Waals surface area contributed by atoms with Gasteiger partial charge in [-0.2, -0.15) is 0 Å². The van der Waals surface area contributed by atoms with Gasteiger partial charge in [0.2, 0.25) is 0 Å². The highest BCUT2D eigenvalue weighted by molar-refractivity contribution is 6.01. The van der Waals surface area contributed by atoms with Crippen LogP contribution in [0.3, 0.4) is 0 Å². The van der Waals surface area contributed by atoms with E-state index in [4.69, 9.17) is 18.9 Å². The summed E-state index contributed by atoms with van der Waals surface area (Å²) in [6.07, 6.45) is 3.03. The zero-order valence-electron chi connectivity index (χ0n) is 31.5. The molecular formula is C39H44N4O12.